The van der Waals surface area contributed by atoms with Gasteiger partial charge in [0, 0.05) is 17.7 Å². The van der Waals surface area contributed by atoms with Crippen molar-refractivity contribution in [2.45, 2.75) is 59.4 Å². The van der Waals surface area contributed by atoms with Gasteiger partial charge in [-0.3, -0.25) is 4.79 Å². The van der Waals surface area contributed by atoms with Crippen molar-refractivity contribution in [1.29, 1.82) is 0 Å². The number of nitrogens with one attached hydrogen (secondary N) is 2. The second kappa shape index (κ2) is 10.7. The summed E-state index contributed by atoms with van der Waals surface area (Å²) in [5, 5.41) is 13.3. The molecule has 0 aromatic carbocycles. The highest BCUT2D eigenvalue weighted by Gasteiger charge is 2.39. The summed E-state index contributed by atoms with van der Waals surface area (Å²) in [4.78, 5) is 28.6. The van der Waals surface area contributed by atoms with Gasteiger partial charge in [-0.05, 0) is 74.8 Å². The SMILES string of the molecule is C#CC1/C(=C/c2[nH]c(C(=O)OCC)c(C)c2CCC(O)=C2CC2)C(=O)NC1C(C)/C=C(\C)OC. The Morgan fingerprint density at radius 2 is 2.09 bits per heavy atom. The highest BCUT2D eigenvalue weighted by atomic mass is 16.5. The van der Waals surface area contributed by atoms with Gasteiger partial charge in [-0.25, -0.2) is 4.79 Å². The molecule has 7 nitrogen and oxygen atoms in total. The lowest BCUT2D eigenvalue weighted by Crippen LogP contribution is -2.34. The minimum atomic E-state index is -0.452. The Kier molecular flexibility index (Phi) is 7.93. The number of amides is 1. The van der Waals surface area contributed by atoms with Crippen molar-refractivity contribution in [1.82, 2.24) is 10.3 Å². The maximum absolute atomic E-state index is 12.9. The van der Waals surface area contributed by atoms with Crippen LogP contribution in [0.3, 0.4) is 0 Å². The van der Waals surface area contributed by atoms with Crippen molar-refractivity contribution in [3.05, 3.63) is 51.3 Å². The molecule has 3 atom stereocenters. The molecule has 7 heteroatoms. The first-order chi connectivity index (χ1) is 16.2. The molecule has 1 saturated carbocycles. The number of esters is 1. The van der Waals surface area contributed by atoms with Crippen molar-refractivity contribution in [2.75, 3.05) is 13.7 Å². The van der Waals surface area contributed by atoms with Gasteiger partial charge in [-0.2, -0.15) is 0 Å². The zero-order valence-electron chi connectivity index (χ0n) is 20.6. The van der Waals surface area contributed by atoms with E-state index in [9.17, 15) is 14.7 Å². The third-order valence-corrected chi connectivity index (χ3v) is 6.53. The number of hydrogen-bond acceptors (Lipinski definition) is 5. The van der Waals surface area contributed by atoms with Crippen LogP contribution in [-0.2, 0) is 20.7 Å². The van der Waals surface area contributed by atoms with Crippen LogP contribution in [0.4, 0.5) is 0 Å². The average Bonchev–Trinajstić information content (AvgIpc) is 3.55. The van der Waals surface area contributed by atoms with Gasteiger partial charge < -0.3 is 24.9 Å². The summed E-state index contributed by atoms with van der Waals surface area (Å²) in [7, 11) is 1.60. The Labute approximate surface area is 201 Å². The highest BCUT2D eigenvalue weighted by Crippen LogP contribution is 2.34. The number of aromatic nitrogens is 1. The van der Waals surface area contributed by atoms with Crippen LogP contribution in [-0.4, -0.2) is 41.7 Å². The summed E-state index contributed by atoms with van der Waals surface area (Å²) in [6.45, 7) is 7.69. The number of carbonyl (C=O) groups is 2. The van der Waals surface area contributed by atoms with E-state index in [0.717, 1.165) is 35.3 Å². The van der Waals surface area contributed by atoms with Gasteiger partial charge in [-0.15, -0.1) is 6.42 Å². The van der Waals surface area contributed by atoms with Gasteiger partial charge in [-0.1, -0.05) is 12.8 Å². The Morgan fingerprint density at radius 1 is 1.38 bits per heavy atom. The molecule has 0 spiro atoms. The van der Waals surface area contributed by atoms with Crippen molar-refractivity contribution >= 4 is 18.0 Å². The van der Waals surface area contributed by atoms with E-state index in [-0.39, 0.29) is 24.5 Å². The molecule has 1 aliphatic carbocycles. The molecule has 34 heavy (non-hydrogen) atoms. The monoisotopic (exact) mass is 466 g/mol. The van der Waals surface area contributed by atoms with E-state index in [1.165, 1.54) is 0 Å². The first-order valence-corrected chi connectivity index (χ1v) is 11.7. The number of allylic oxidation sites excluding steroid dienone is 3. The number of carbonyl (C=O) groups excluding carboxylic acids is 2. The number of hydrogen-bond donors (Lipinski definition) is 3. The highest BCUT2D eigenvalue weighted by molar-refractivity contribution is 6.02. The second-order valence-electron chi connectivity index (χ2n) is 8.87. The Balaban J connectivity index is 1.99. The molecule has 2 aliphatic rings. The molecule has 1 saturated heterocycles. The minimum absolute atomic E-state index is 0.0436. The van der Waals surface area contributed by atoms with E-state index in [0.29, 0.717) is 35.6 Å². The van der Waals surface area contributed by atoms with Crippen molar-refractivity contribution in [3.63, 3.8) is 0 Å². The fourth-order valence-electron chi connectivity index (χ4n) is 4.41. The third kappa shape index (κ3) is 5.39. The van der Waals surface area contributed by atoms with Gasteiger partial charge in [0.25, 0.3) is 0 Å². The number of aromatic amines is 1. The second-order valence-corrected chi connectivity index (χ2v) is 8.87. The lowest BCUT2D eigenvalue weighted by atomic mass is 9.87. The maximum Gasteiger partial charge on any atom is 0.355 e. The zero-order valence-corrected chi connectivity index (χ0v) is 20.6. The first-order valence-electron chi connectivity index (χ1n) is 11.7. The van der Waals surface area contributed by atoms with Crippen LogP contribution < -0.4 is 5.32 Å². The summed E-state index contributed by atoms with van der Waals surface area (Å²) in [5.74, 6) is 2.75. The van der Waals surface area contributed by atoms with Crippen LogP contribution in [0.5, 0.6) is 0 Å². The Bertz CT molecular complexity index is 1090. The molecule has 3 unspecified atom stereocenters. The number of methoxy groups -OCH3 is 1. The van der Waals surface area contributed by atoms with E-state index in [2.05, 4.69) is 16.2 Å². The summed E-state index contributed by atoms with van der Waals surface area (Å²) in [6.07, 6.45) is 12.4. The van der Waals surface area contributed by atoms with Crippen LogP contribution in [0.25, 0.3) is 6.08 Å². The number of H-pyrrole nitrogens is 1. The molecule has 3 N–H and O–H groups in total. The number of ether oxygens (including phenoxy) is 2. The van der Waals surface area contributed by atoms with E-state index in [4.69, 9.17) is 15.9 Å². The summed E-state index contributed by atoms with van der Waals surface area (Å²) >= 11 is 0. The topological polar surface area (TPSA) is 101 Å². The molecule has 2 fully saturated rings. The van der Waals surface area contributed by atoms with Crippen LogP contribution in [0.2, 0.25) is 0 Å². The van der Waals surface area contributed by atoms with Crippen molar-refractivity contribution in [2.24, 2.45) is 11.8 Å². The smallest absolute Gasteiger partial charge is 0.355 e. The molecule has 1 aromatic heterocycles. The molecule has 0 bridgehead atoms. The standard InChI is InChI=1S/C27H34N2O5/c1-7-19-21(26(31)29-24(19)15(3)13-16(4)33-6)14-22-20(11-12-23(30)18-9-10-18)17(5)25(28-22)27(32)34-8-2/h1,13-15,19,24,28,30H,8-12H2,2-6H3,(H,29,31)/b16-13+,21-14-. The minimum Gasteiger partial charge on any atom is -0.512 e. The molecule has 0 radical (unpaired) electrons. The molecule has 1 aliphatic heterocycles. The number of terminal acetylenes is 1. The van der Waals surface area contributed by atoms with E-state index < -0.39 is 11.9 Å². The summed E-state index contributed by atoms with van der Waals surface area (Å²) < 4.78 is 10.4. The maximum atomic E-state index is 12.9. The molecule has 2 heterocycles. The van der Waals surface area contributed by atoms with Crippen LogP contribution in [0, 0.1) is 31.1 Å². The van der Waals surface area contributed by atoms with Gasteiger partial charge in [0.05, 0.1) is 37.2 Å². The number of aliphatic hydroxyl groups is 1. The van der Waals surface area contributed by atoms with Gasteiger partial charge in [0.1, 0.15) is 5.69 Å². The van der Waals surface area contributed by atoms with Crippen LogP contribution in [0.15, 0.2) is 28.7 Å². The normalized spacial score (nSPS) is 21.8. The quantitative estimate of drug-likeness (QED) is 0.217. The molecule has 182 valence electrons. The largest absolute Gasteiger partial charge is 0.512 e. The Morgan fingerprint density at radius 3 is 2.68 bits per heavy atom. The van der Waals surface area contributed by atoms with Gasteiger partial charge in [0.15, 0.2) is 0 Å². The van der Waals surface area contributed by atoms with Gasteiger partial charge >= 0.3 is 5.97 Å². The van der Waals surface area contributed by atoms with E-state index >= 15 is 0 Å². The molecule has 1 amide bonds. The fraction of sp³-hybridized carbons (Fsp3) is 0.481. The zero-order chi connectivity index (χ0) is 25.0. The van der Waals surface area contributed by atoms with Crippen molar-refractivity contribution in [3.8, 4) is 12.3 Å². The van der Waals surface area contributed by atoms with Crippen LogP contribution in [0.1, 0.15) is 67.3 Å². The first kappa shape index (κ1) is 25.2. The fourth-order valence-corrected chi connectivity index (χ4v) is 4.41. The van der Waals surface area contributed by atoms with Crippen molar-refractivity contribution < 1.29 is 24.2 Å². The predicted octanol–water partition coefficient (Wildman–Crippen LogP) is 4.36. The summed E-state index contributed by atoms with van der Waals surface area (Å²) in [5.41, 5.74) is 4.14. The van der Waals surface area contributed by atoms with Crippen LogP contribution >= 0.6 is 0 Å². The lowest BCUT2D eigenvalue weighted by Gasteiger charge is -2.20. The average molecular weight is 467 g/mol. The van der Waals surface area contributed by atoms with E-state index in [1.807, 2.05) is 26.8 Å². The third-order valence-electron chi connectivity index (χ3n) is 6.53. The van der Waals surface area contributed by atoms with E-state index in [1.54, 1.807) is 20.1 Å². The molecule has 3 rings (SSSR count). The number of rotatable bonds is 9. The number of aliphatic hydroxyl groups excluding tert-OH is 1. The Hall–Kier alpha value is -3.40. The molecular formula is C27H34N2O5. The lowest BCUT2D eigenvalue weighted by molar-refractivity contribution is -0.116. The molecular weight excluding hydrogens is 432 g/mol. The van der Waals surface area contributed by atoms with Gasteiger partial charge in [0.2, 0.25) is 5.91 Å². The molecule has 1 aromatic rings. The summed E-state index contributed by atoms with van der Waals surface area (Å²) in [6, 6.07) is -0.276. The predicted molar refractivity (Wildman–Crippen MR) is 131 cm³/mol.